The van der Waals surface area contributed by atoms with E-state index >= 15 is 0 Å². The summed E-state index contributed by atoms with van der Waals surface area (Å²) < 4.78 is 21.5. The van der Waals surface area contributed by atoms with E-state index < -0.39 is 11.8 Å². The average molecular weight is 389 g/mol. The van der Waals surface area contributed by atoms with Gasteiger partial charge in [-0.25, -0.2) is 9.18 Å². The predicted octanol–water partition coefficient (Wildman–Crippen LogP) is 3.63. The number of halogens is 1. The number of aryl methyl sites for hydroxylation is 1. The van der Waals surface area contributed by atoms with Gasteiger partial charge >= 0.3 is 6.03 Å². The van der Waals surface area contributed by atoms with Crippen molar-refractivity contribution in [2.24, 2.45) is 7.05 Å². The molecule has 1 aromatic heterocycles. The van der Waals surface area contributed by atoms with E-state index in [1.807, 2.05) is 6.07 Å². The largest absolute Gasteiger partial charge is 0.490 e. The van der Waals surface area contributed by atoms with Gasteiger partial charge in [0, 0.05) is 36.3 Å². The van der Waals surface area contributed by atoms with Crippen LogP contribution >= 0.6 is 0 Å². The maximum absolute atomic E-state index is 14.0. The van der Waals surface area contributed by atoms with Crippen molar-refractivity contribution in [3.63, 3.8) is 0 Å². The van der Waals surface area contributed by atoms with Gasteiger partial charge in [-0.2, -0.15) is 5.10 Å². The second kappa shape index (κ2) is 8.18. The van der Waals surface area contributed by atoms with Gasteiger partial charge in [-0.3, -0.25) is 10.00 Å². The molecule has 0 spiro atoms. The first kappa shape index (κ1) is 20.1. The number of anilines is 2. The second-order valence-electron chi connectivity index (χ2n) is 8.11. The zero-order valence-corrected chi connectivity index (χ0v) is 16.8. The number of carbonyl (C=O) groups excluding carboxylic acids is 1. The van der Waals surface area contributed by atoms with Crippen molar-refractivity contribution in [3.05, 3.63) is 35.8 Å². The van der Waals surface area contributed by atoms with Crippen molar-refractivity contribution in [1.82, 2.24) is 15.1 Å². The number of benzene rings is 1. The molecule has 0 radical (unpaired) electrons. The van der Waals surface area contributed by atoms with E-state index in [1.54, 1.807) is 17.8 Å². The number of nitrogens with one attached hydrogen (secondary N) is 3. The van der Waals surface area contributed by atoms with Gasteiger partial charge in [0.05, 0.1) is 5.69 Å². The van der Waals surface area contributed by atoms with Crippen molar-refractivity contribution in [2.75, 3.05) is 23.7 Å². The lowest BCUT2D eigenvalue weighted by Crippen LogP contribution is -2.34. The van der Waals surface area contributed by atoms with Gasteiger partial charge in [0.2, 0.25) is 0 Å². The number of urea groups is 1. The van der Waals surface area contributed by atoms with Crippen molar-refractivity contribution in [3.8, 4) is 5.75 Å². The number of rotatable bonds is 4. The number of hydrogen-bond acceptors (Lipinski definition) is 4. The molecule has 0 atom stereocenters. The number of ether oxygens (including phenoxy) is 1. The zero-order chi connectivity index (χ0) is 20.3. The van der Waals surface area contributed by atoms with Gasteiger partial charge in [0.15, 0.2) is 0 Å². The summed E-state index contributed by atoms with van der Waals surface area (Å²) in [7, 11) is 1.76. The fourth-order valence-corrected chi connectivity index (χ4v) is 3.04. The number of carbonyl (C=O) groups is 1. The predicted molar refractivity (Wildman–Crippen MR) is 107 cm³/mol. The summed E-state index contributed by atoms with van der Waals surface area (Å²) in [6.45, 7) is 7.92. The normalized spacial score (nSPS) is 15.3. The fraction of sp³-hybridized carbons (Fsp3) is 0.500. The van der Waals surface area contributed by atoms with E-state index in [4.69, 9.17) is 4.74 Å². The summed E-state index contributed by atoms with van der Waals surface area (Å²) >= 11 is 0. The Morgan fingerprint density at radius 2 is 1.93 bits per heavy atom. The molecule has 2 amide bonds. The lowest BCUT2D eigenvalue weighted by Gasteiger charge is -2.24. The first-order valence-electron chi connectivity index (χ1n) is 9.51. The van der Waals surface area contributed by atoms with E-state index in [0.29, 0.717) is 17.3 Å². The van der Waals surface area contributed by atoms with Gasteiger partial charge in [0.1, 0.15) is 23.5 Å². The van der Waals surface area contributed by atoms with Crippen LogP contribution in [0.4, 0.5) is 20.7 Å². The SMILES string of the molecule is Cn1nc(C(C)(C)C)cc1NC(=O)Nc1cc(F)cc(OC2CCNCC2)c1. The highest BCUT2D eigenvalue weighted by Crippen LogP contribution is 2.25. The minimum Gasteiger partial charge on any atom is -0.490 e. The molecule has 2 heterocycles. The highest BCUT2D eigenvalue weighted by molar-refractivity contribution is 5.99. The molecular weight excluding hydrogens is 361 g/mol. The van der Waals surface area contributed by atoms with Crippen LogP contribution in [0.3, 0.4) is 0 Å². The lowest BCUT2D eigenvalue weighted by atomic mass is 9.92. The van der Waals surface area contributed by atoms with Gasteiger partial charge in [-0.15, -0.1) is 0 Å². The van der Waals surface area contributed by atoms with Crippen molar-refractivity contribution in [2.45, 2.75) is 45.1 Å². The molecule has 1 fully saturated rings. The number of nitrogens with zero attached hydrogens (tertiary/aromatic N) is 2. The monoisotopic (exact) mass is 389 g/mol. The van der Waals surface area contributed by atoms with Crippen molar-refractivity contribution in [1.29, 1.82) is 0 Å². The third kappa shape index (κ3) is 5.22. The highest BCUT2D eigenvalue weighted by Gasteiger charge is 2.20. The quantitative estimate of drug-likeness (QED) is 0.746. The van der Waals surface area contributed by atoms with Crippen molar-refractivity contribution >= 4 is 17.5 Å². The van der Waals surface area contributed by atoms with Gasteiger partial charge < -0.3 is 15.4 Å². The van der Waals surface area contributed by atoms with E-state index in [-0.39, 0.29) is 11.5 Å². The molecule has 3 rings (SSSR count). The molecule has 8 heteroatoms. The Bertz CT molecular complexity index is 838. The van der Waals surface area contributed by atoms with E-state index in [0.717, 1.165) is 31.6 Å². The lowest BCUT2D eigenvalue weighted by molar-refractivity contribution is 0.162. The minimum atomic E-state index is -0.470. The van der Waals surface area contributed by atoms with E-state index in [9.17, 15) is 9.18 Å². The Hall–Kier alpha value is -2.61. The molecule has 0 unspecified atom stereocenters. The summed E-state index contributed by atoms with van der Waals surface area (Å²) in [6.07, 6.45) is 1.79. The standard InChI is InChI=1S/C20H28FN5O2/c1-20(2,3)17-12-18(26(4)25-17)24-19(27)23-14-9-13(21)10-16(11-14)28-15-5-7-22-8-6-15/h9-12,15,22H,5-8H2,1-4H3,(H2,23,24,27). The molecule has 0 aliphatic carbocycles. The molecule has 2 aromatic rings. The van der Waals surface area contributed by atoms with Crippen LogP contribution in [0.5, 0.6) is 5.75 Å². The van der Waals surface area contributed by atoms with Crippen molar-refractivity contribution < 1.29 is 13.9 Å². The first-order valence-corrected chi connectivity index (χ1v) is 9.51. The Kier molecular flexibility index (Phi) is 5.88. The van der Waals surface area contributed by atoms with Gasteiger partial charge in [0.25, 0.3) is 0 Å². The zero-order valence-electron chi connectivity index (χ0n) is 16.8. The van der Waals surface area contributed by atoms with E-state index in [1.165, 1.54) is 12.1 Å². The van der Waals surface area contributed by atoms with Gasteiger partial charge in [-0.1, -0.05) is 20.8 Å². The van der Waals surface area contributed by atoms with Crippen LogP contribution in [-0.4, -0.2) is 35.0 Å². The molecule has 1 aromatic carbocycles. The van der Waals surface area contributed by atoms with Crippen LogP contribution in [0.1, 0.15) is 39.3 Å². The Labute approximate surface area is 164 Å². The number of piperidine rings is 1. The number of hydrogen-bond donors (Lipinski definition) is 3. The molecule has 7 nitrogen and oxygen atoms in total. The highest BCUT2D eigenvalue weighted by atomic mass is 19.1. The van der Waals surface area contributed by atoms with Crippen LogP contribution in [0, 0.1) is 5.82 Å². The molecule has 0 saturated carbocycles. The Morgan fingerprint density at radius 1 is 1.21 bits per heavy atom. The molecule has 1 aliphatic rings. The summed E-state index contributed by atoms with van der Waals surface area (Å²) in [5.41, 5.74) is 1.07. The third-order valence-electron chi connectivity index (χ3n) is 4.61. The summed E-state index contributed by atoms with van der Waals surface area (Å²) in [5.74, 6) is 0.514. The Morgan fingerprint density at radius 3 is 2.57 bits per heavy atom. The maximum Gasteiger partial charge on any atom is 0.324 e. The smallest absolute Gasteiger partial charge is 0.324 e. The average Bonchev–Trinajstić information content (AvgIpc) is 2.96. The molecule has 1 saturated heterocycles. The third-order valence-corrected chi connectivity index (χ3v) is 4.61. The molecule has 1 aliphatic heterocycles. The van der Waals surface area contributed by atoms with Gasteiger partial charge in [-0.05, 0) is 32.0 Å². The number of amides is 2. The molecule has 152 valence electrons. The fourth-order valence-electron chi connectivity index (χ4n) is 3.04. The molecule has 28 heavy (non-hydrogen) atoms. The van der Waals surface area contributed by atoms with Crippen LogP contribution in [-0.2, 0) is 12.5 Å². The summed E-state index contributed by atoms with van der Waals surface area (Å²) in [4.78, 5) is 12.4. The van der Waals surface area contributed by atoms with Crippen LogP contribution in [0.2, 0.25) is 0 Å². The first-order chi connectivity index (χ1) is 13.2. The van der Waals surface area contributed by atoms with Crippen LogP contribution in [0.15, 0.2) is 24.3 Å². The van der Waals surface area contributed by atoms with Crippen LogP contribution < -0.4 is 20.7 Å². The van der Waals surface area contributed by atoms with Crippen LogP contribution in [0.25, 0.3) is 0 Å². The molecular formula is C20H28FN5O2. The Balaban J connectivity index is 1.66. The minimum absolute atomic E-state index is 0.0509. The summed E-state index contributed by atoms with van der Waals surface area (Å²) in [5, 5.41) is 13.1. The maximum atomic E-state index is 14.0. The topological polar surface area (TPSA) is 80.2 Å². The number of aromatic nitrogens is 2. The second-order valence-corrected chi connectivity index (χ2v) is 8.11. The summed E-state index contributed by atoms with van der Waals surface area (Å²) in [6, 6.07) is 5.59. The molecule has 3 N–H and O–H groups in total. The van der Waals surface area contributed by atoms with E-state index in [2.05, 4.69) is 41.8 Å². The molecule has 0 bridgehead atoms.